The van der Waals surface area contributed by atoms with Gasteiger partial charge in [0.1, 0.15) is 17.2 Å². The Morgan fingerprint density at radius 1 is 0.824 bits per heavy atom. The molecule has 4 aromatic carbocycles. The number of carbonyl (C=O) groups is 2. The number of methoxy groups -OCH3 is 1. The Bertz CT molecular complexity index is 1320. The van der Waals surface area contributed by atoms with Crippen molar-refractivity contribution in [2.75, 3.05) is 13.7 Å². The number of carbonyl (C=O) groups excluding carboxylic acids is 2. The van der Waals surface area contributed by atoms with Crippen LogP contribution in [-0.4, -0.2) is 31.8 Å². The third-order valence-corrected chi connectivity index (χ3v) is 4.91. The average molecular weight is 454 g/mol. The molecule has 0 aliphatic carbocycles. The van der Waals surface area contributed by atoms with Gasteiger partial charge >= 0.3 is 5.97 Å². The van der Waals surface area contributed by atoms with Crippen molar-refractivity contribution in [3.63, 3.8) is 0 Å². The van der Waals surface area contributed by atoms with Gasteiger partial charge in [0.2, 0.25) is 0 Å². The van der Waals surface area contributed by atoms with E-state index in [1.807, 2.05) is 42.5 Å². The van der Waals surface area contributed by atoms with Crippen LogP contribution < -0.4 is 19.6 Å². The van der Waals surface area contributed by atoms with Crippen molar-refractivity contribution in [1.29, 1.82) is 0 Å². The van der Waals surface area contributed by atoms with Gasteiger partial charge in [0.25, 0.3) is 5.91 Å². The molecule has 0 aliphatic rings. The van der Waals surface area contributed by atoms with Crippen molar-refractivity contribution < 1.29 is 23.8 Å². The zero-order valence-corrected chi connectivity index (χ0v) is 18.4. The zero-order valence-electron chi connectivity index (χ0n) is 18.4. The number of hydrogen-bond donors (Lipinski definition) is 1. The number of esters is 1. The second kappa shape index (κ2) is 10.8. The molecule has 0 fully saturated rings. The Balaban J connectivity index is 1.24. The molecule has 0 aromatic heterocycles. The maximum absolute atomic E-state index is 12.2. The fraction of sp³-hybridized carbons (Fsp3) is 0.0741. The van der Waals surface area contributed by atoms with Crippen molar-refractivity contribution in [2.45, 2.75) is 0 Å². The summed E-state index contributed by atoms with van der Waals surface area (Å²) < 4.78 is 16.0. The number of fused-ring (bicyclic) bond motifs is 1. The molecule has 0 heterocycles. The molecule has 34 heavy (non-hydrogen) atoms. The van der Waals surface area contributed by atoms with Crippen molar-refractivity contribution in [3.05, 3.63) is 102 Å². The zero-order chi connectivity index (χ0) is 23.8. The van der Waals surface area contributed by atoms with E-state index in [1.165, 1.54) is 6.21 Å². The van der Waals surface area contributed by atoms with Gasteiger partial charge in [0.05, 0.1) is 18.9 Å². The molecule has 4 aromatic rings. The van der Waals surface area contributed by atoms with E-state index in [-0.39, 0.29) is 12.5 Å². The summed E-state index contributed by atoms with van der Waals surface area (Å²) in [7, 11) is 1.56. The Hall–Kier alpha value is -4.65. The first-order valence-corrected chi connectivity index (χ1v) is 10.5. The molecule has 0 radical (unpaired) electrons. The highest BCUT2D eigenvalue weighted by Crippen LogP contribution is 2.20. The second-order valence-corrected chi connectivity index (χ2v) is 7.28. The number of nitrogens with zero attached hydrogens (tertiary/aromatic N) is 1. The Morgan fingerprint density at radius 3 is 2.24 bits per heavy atom. The van der Waals surface area contributed by atoms with Gasteiger partial charge in [-0.2, -0.15) is 5.10 Å². The Labute approximate surface area is 196 Å². The van der Waals surface area contributed by atoms with Crippen LogP contribution in [0.1, 0.15) is 15.9 Å². The minimum absolute atomic E-state index is 0.157. The van der Waals surface area contributed by atoms with Crippen molar-refractivity contribution >= 4 is 28.9 Å². The number of hydrazone groups is 1. The standard InChI is InChI=1S/C27H22N2O5/c1-32-23-13-9-21(10-14-23)27(31)34-24-11-6-19(7-12-24)17-28-29-26(30)18-33-25-15-8-20-4-2-3-5-22(20)16-25/h2-17H,18H2,1H3,(H,29,30)/b28-17+. The molecular weight excluding hydrogens is 432 g/mol. The Morgan fingerprint density at radius 2 is 1.50 bits per heavy atom. The maximum atomic E-state index is 12.2. The van der Waals surface area contributed by atoms with Crippen LogP contribution in [0.15, 0.2) is 96.1 Å². The first-order valence-electron chi connectivity index (χ1n) is 10.5. The molecule has 0 bridgehead atoms. The van der Waals surface area contributed by atoms with Gasteiger partial charge in [-0.3, -0.25) is 4.79 Å². The lowest BCUT2D eigenvalue weighted by Gasteiger charge is -2.06. The summed E-state index contributed by atoms with van der Waals surface area (Å²) in [6.07, 6.45) is 1.49. The highest BCUT2D eigenvalue weighted by molar-refractivity contribution is 5.91. The van der Waals surface area contributed by atoms with E-state index in [4.69, 9.17) is 14.2 Å². The quantitative estimate of drug-likeness (QED) is 0.182. The van der Waals surface area contributed by atoms with E-state index in [1.54, 1.807) is 55.6 Å². The summed E-state index contributed by atoms with van der Waals surface area (Å²) in [5.74, 6) is 0.813. The van der Waals surface area contributed by atoms with E-state index in [0.717, 1.165) is 16.3 Å². The van der Waals surface area contributed by atoms with Crippen LogP contribution in [-0.2, 0) is 4.79 Å². The molecule has 0 saturated heterocycles. The smallest absolute Gasteiger partial charge is 0.343 e. The summed E-state index contributed by atoms with van der Waals surface area (Å²) in [4.78, 5) is 24.2. The normalized spacial score (nSPS) is 10.7. The topological polar surface area (TPSA) is 86.2 Å². The molecule has 0 saturated carbocycles. The largest absolute Gasteiger partial charge is 0.497 e. The van der Waals surface area contributed by atoms with Crippen LogP contribution >= 0.6 is 0 Å². The van der Waals surface area contributed by atoms with E-state index in [9.17, 15) is 9.59 Å². The fourth-order valence-corrected chi connectivity index (χ4v) is 3.13. The number of benzene rings is 4. The fourth-order valence-electron chi connectivity index (χ4n) is 3.13. The first-order chi connectivity index (χ1) is 16.6. The predicted octanol–water partition coefficient (Wildman–Crippen LogP) is 4.60. The minimum Gasteiger partial charge on any atom is -0.497 e. The van der Waals surface area contributed by atoms with Gasteiger partial charge in [0.15, 0.2) is 6.61 Å². The number of hydrogen-bond acceptors (Lipinski definition) is 6. The van der Waals surface area contributed by atoms with E-state index < -0.39 is 5.97 Å². The first kappa shape index (κ1) is 22.5. The third-order valence-electron chi connectivity index (χ3n) is 4.91. The summed E-state index contributed by atoms with van der Waals surface area (Å²) in [6, 6.07) is 26.9. The molecular formula is C27H22N2O5. The minimum atomic E-state index is -0.470. The second-order valence-electron chi connectivity index (χ2n) is 7.28. The average Bonchev–Trinajstić information content (AvgIpc) is 2.88. The van der Waals surface area contributed by atoms with Crippen LogP contribution in [0.25, 0.3) is 10.8 Å². The third kappa shape index (κ3) is 5.98. The monoisotopic (exact) mass is 454 g/mol. The van der Waals surface area contributed by atoms with Crippen LogP contribution in [0.3, 0.4) is 0 Å². The predicted molar refractivity (Wildman–Crippen MR) is 130 cm³/mol. The Kier molecular flexibility index (Phi) is 7.15. The van der Waals surface area contributed by atoms with Gasteiger partial charge in [0, 0.05) is 0 Å². The van der Waals surface area contributed by atoms with E-state index >= 15 is 0 Å². The molecule has 0 aliphatic heterocycles. The van der Waals surface area contributed by atoms with E-state index in [2.05, 4.69) is 10.5 Å². The highest BCUT2D eigenvalue weighted by Gasteiger charge is 2.08. The SMILES string of the molecule is COc1ccc(C(=O)Oc2ccc(/C=N/NC(=O)COc3ccc4ccccc4c3)cc2)cc1. The number of rotatable bonds is 8. The number of nitrogens with one attached hydrogen (secondary N) is 1. The molecule has 4 rings (SSSR count). The highest BCUT2D eigenvalue weighted by atomic mass is 16.5. The molecule has 7 heteroatoms. The summed E-state index contributed by atoms with van der Waals surface area (Å²) >= 11 is 0. The molecule has 1 N–H and O–H groups in total. The lowest BCUT2D eigenvalue weighted by atomic mass is 10.1. The molecule has 0 atom stereocenters. The van der Waals surface area contributed by atoms with Gasteiger partial charge in [-0.05, 0) is 77.0 Å². The van der Waals surface area contributed by atoms with Crippen LogP contribution in [0, 0.1) is 0 Å². The van der Waals surface area contributed by atoms with Gasteiger partial charge in [-0.1, -0.05) is 30.3 Å². The van der Waals surface area contributed by atoms with Gasteiger partial charge in [-0.15, -0.1) is 0 Å². The van der Waals surface area contributed by atoms with Crippen molar-refractivity contribution in [3.8, 4) is 17.2 Å². The van der Waals surface area contributed by atoms with Crippen LogP contribution in [0.4, 0.5) is 0 Å². The maximum Gasteiger partial charge on any atom is 0.343 e. The summed E-state index contributed by atoms with van der Waals surface area (Å²) in [6.45, 7) is -0.157. The molecule has 1 amide bonds. The van der Waals surface area contributed by atoms with Crippen LogP contribution in [0.2, 0.25) is 0 Å². The van der Waals surface area contributed by atoms with Crippen LogP contribution in [0.5, 0.6) is 17.2 Å². The molecule has 0 spiro atoms. The van der Waals surface area contributed by atoms with Crippen molar-refractivity contribution in [1.82, 2.24) is 5.43 Å². The number of ether oxygens (including phenoxy) is 3. The molecule has 170 valence electrons. The lowest BCUT2D eigenvalue weighted by Crippen LogP contribution is -2.24. The summed E-state index contributed by atoms with van der Waals surface area (Å²) in [5, 5.41) is 6.07. The molecule has 7 nitrogen and oxygen atoms in total. The molecule has 0 unspecified atom stereocenters. The van der Waals surface area contributed by atoms with Crippen molar-refractivity contribution in [2.24, 2.45) is 5.10 Å². The van der Waals surface area contributed by atoms with Gasteiger partial charge < -0.3 is 14.2 Å². The van der Waals surface area contributed by atoms with Gasteiger partial charge in [-0.25, -0.2) is 10.2 Å². The lowest BCUT2D eigenvalue weighted by molar-refractivity contribution is -0.123. The number of amides is 1. The van der Waals surface area contributed by atoms with E-state index in [0.29, 0.717) is 22.8 Å². The summed E-state index contributed by atoms with van der Waals surface area (Å²) in [5.41, 5.74) is 3.57.